The Morgan fingerprint density at radius 2 is 1.58 bits per heavy atom. The molecule has 1 nitrogen and oxygen atoms in total. The summed E-state index contributed by atoms with van der Waals surface area (Å²) in [5.41, 5.74) is 3.02. The first-order valence-corrected chi connectivity index (χ1v) is 9.94. The van der Waals surface area contributed by atoms with Gasteiger partial charge in [0.2, 0.25) is 0 Å². The maximum Gasteiger partial charge on any atom is 0.123 e. The molecular formula is C23H38O. The summed E-state index contributed by atoms with van der Waals surface area (Å²) < 4.78 is 6.63. The summed E-state index contributed by atoms with van der Waals surface area (Å²) >= 11 is 0. The summed E-state index contributed by atoms with van der Waals surface area (Å²) in [7, 11) is 0. The van der Waals surface area contributed by atoms with Crippen LogP contribution in [0.5, 0.6) is 5.75 Å². The molecule has 0 amide bonds. The lowest BCUT2D eigenvalue weighted by Gasteiger charge is -2.33. The zero-order valence-electron chi connectivity index (χ0n) is 17.0. The molecule has 1 fully saturated rings. The van der Waals surface area contributed by atoms with Crippen molar-refractivity contribution in [1.29, 1.82) is 0 Å². The van der Waals surface area contributed by atoms with E-state index in [-0.39, 0.29) is 10.8 Å². The minimum atomic E-state index is 0.0987. The third-order valence-corrected chi connectivity index (χ3v) is 5.51. The van der Waals surface area contributed by atoms with Gasteiger partial charge in [0.05, 0.1) is 0 Å². The van der Waals surface area contributed by atoms with Crippen LogP contribution in [-0.4, -0.2) is 6.10 Å². The van der Waals surface area contributed by atoms with Crippen LogP contribution in [0.4, 0.5) is 0 Å². The molecule has 0 heterocycles. The lowest BCUT2D eigenvalue weighted by atomic mass is 9.80. The topological polar surface area (TPSA) is 9.23 Å². The predicted molar refractivity (Wildman–Crippen MR) is 105 cm³/mol. The Bertz CT molecular complexity index is 524. The van der Waals surface area contributed by atoms with Gasteiger partial charge in [-0.25, -0.2) is 0 Å². The average molecular weight is 331 g/mol. The molecule has 24 heavy (non-hydrogen) atoms. The van der Waals surface area contributed by atoms with Crippen molar-refractivity contribution in [2.75, 3.05) is 0 Å². The molecule has 0 aliphatic heterocycles. The Morgan fingerprint density at radius 3 is 2.08 bits per heavy atom. The molecule has 1 heteroatoms. The molecule has 0 aromatic heterocycles. The number of benzene rings is 1. The zero-order chi connectivity index (χ0) is 18.0. The Balaban J connectivity index is 2.30. The molecule has 0 radical (unpaired) electrons. The van der Waals surface area contributed by atoms with Gasteiger partial charge in [0, 0.05) is 0 Å². The van der Waals surface area contributed by atoms with Gasteiger partial charge in [-0.3, -0.25) is 0 Å². The quantitative estimate of drug-likeness (QED) is 0.576. The Labute approximate surface area is 150 Å². The monoisotopic (exact) mass is 330 g/mol. The van der Waals surface area contributed by atoms with E-state index in [9.17, 15) is 0 Å². The van der Waals surface area contributed by atoms with Crippen LogP contribution >= 0.6 is 0 Å². The Kier molecular flexibility index (Phi) is 6.04. The summed E-state index contributed by atoms with van der Waals surface area (Å²) in [6, 6.07) is 6.87. The summed E-state index contributed by atoms with van der Waals surface area (Å²) in [6.45, 7) is 16.0. The molecule has 0 bridgehead atoms. The molecule has 2 rings (SSSR count). The smallest absolute Gasteiger partial charge is 0.123 e. The van der Waals surface area contributed by atoms with Crippen molar-refractivity contribution in [3.8, 4) is 5.75 Å². The van der Waals surface area contributed by atoms with Gasteiger partial charge in [0.25, 0.3) is 0 Å². The minimum Gasteiger partial charge on any atom is -0.490 e. The summed E-state index contributed by atoms with van der Waals surface area (Å²) in [6.07, 6.45) is 8.30. The van der Waals surface area contributed by atoms with E-state index in [1.807, 2.05) is 0 Å². The molecule has 1 atom stereocenters. The van der Waals surface area contributed by atoms with Gasteiger partial charge in [-0.05, 0) is 53.2 Å². The number of ether oxygens (including phenoxy) is 1. The normalized spacial score (nSPS) is 18.5. The minimum absolute atomic E-state index is 0.0987. The van der Waals surface area contributed by atoms with Gasteiger partial charge in [-0.1, -0.05) is 79.9 Å². The summed E-state index contributed by atoms with van der Waals surface area (Å²) in [4.78, 5) is 0. The third kappa shape index (κ3) is 4.77. The van der Waals surface area contributed by atoms with Crippen molar-refractivity contribution in [2.24, 2.45) is 5.92 Å². The highest BCUT2D eigenvalue weighted by Gasteiger charge is 2.27. The largest absolute Gasteiger partial charge is 0.490 e. The number of rotatable bonds is 4. The van der Waals surface area contributed by atoms with E-state index in [1.165, 1.54) is 43.2 Å². The Hall–Kier alpha value is -0.980. The van der Waals surface area contributed by atoms with Gasteiger partial charge in [0.15, 0.2) is 0 Å². The van der Waals surface area contributed by atoms with E-state index in [2.05, 4.69) is 66.7 Å². The van der Waals surface area contributed by atoms with Crippen molar-refractivity contribution >= 4 is 0 Å². The predicted octanol–water partition coefficient (Wildman–Crippen LogP) is 7.02. The first-order chi connectivity index (χ1) is 11.1. The molecule has 1 aromatic carbocycles. The van der Waals surface area contributed by atoms with E-state index in [1.54, 1.807) is 0 Å². The van der Waals surface area contributed by atoms with Crippen molar-refractivity contribution in [1.82, 2.24) is 0 Å². The van der Waals surface area contributed by atoms with Crippen molar-refractivity contribution in [2.45, 2.75) is 104 Å². The van der Waals surface area contributed by atoms with Crippen LogP contribution in [0.2, 0.25) is 0 Å². The van der Waals surface area contributed by atoms with Crippen LogP contribution < -0.4 is 4.74 Å². The third-order valence-electron chi connectivity index (χ3n) is 5.51. The van der Waals surface area contributed by atoms with Gasteiger partial charge >= 0.3 is 0 Å². The lowest BCUT2D eigenvalue weighted by molar-refractivity contribution is 0.102. The second-order valence-electron chi connectivity index (χ2n) is 9.67. The van der Waals surface area contributed by atoms with Gasteiger partial charge in [-0.15, -0.1) is 0 Å². The van der Waals surface area contributed by atoms with Gasteiger partial charge in [-0.2, -0.15) is 0 Å². The fourth-order valence-corrected chi connectivity index (χ4v) is 3.87. The van der Waals surface area contributed by atoms with Crippen molar-refractivity contribution < 1.29 is 4.74 Å². The highest BCUT2D eigenvalue weighted by Crippen LogP contribution is 2.38. The van der Waals surface area contributed by atoms with Crippen LogP contribution in [0.1, 0.15) is 98.1 Å². The molecule has 1 aliphatic rings. The highest BCUT2D eigenvalue weighted by atomic mass is 16.5. The van der Waals surface area contributed by atoms with E-state index in [0.29, 0.717) is 6.10 Å². The van der Waals surface area contributed by atoms with Crippen LogP contribution in [0.15, 0.2) is 18.2 Å². The molecular weight excluding hydrogens is 292 g/mol. The SMILES string of the molecule is CCC(Oc1ccc(C(C)(C)C)cc1C(C)(C)C)C1CCCCC1. The lowest BCUT2D eigenvalue weighted by Crippen LogP contribution is -2.29. The van der Waals surface area contributed by atoms with Crippen LogP contribution in [-0.2, 0) is 10.8 Å². The molecule has 1 aliphatic carbocycles. The van der Waals surface area contributed by atoms with Crippen LogP contribution in [0, 0.1) is 5.92 Å². The Morgan fingerprint density at radius 1 is 0.958 bits per heavy atom. The van der Waals surface area contributed by atoms with E-state index >= 15 is 0 Å². The fraction of sp³-hybridized carbons (Fsp3) is 0.739. The molecule has 0 N–H and O–H groups in total. The summed E-state index contributed by atoms with van der Waals surface area (Å²) in [5, 5.41) is 0. The zero-order valence-corrected chi connectivity index (χ0v) is 17.0. The second kappa shape index (κ2) is 7.50. The van der Waals surface area contributed by atoms with Crippen LogP contribution in [0.3, 0.4) is 0 Å². The molecule has 136 valence electrons. The van der Waals surface area contributed by atoms with Gasteiger partial charge < -0.3 is 4.74 Å². The number of hydrogen-bond donors (Lipinski definition) is 0. The molecule has 0 spiro atoms. The van der Waals surface area contributed by atoms with Gasteiger partial charge in [0.1, 0.15) is 11.9 Å². The highest BCUT2D eigenvalue weighted by molar-refractivity contribution is 5.43. The molecule has 1 unspecified atom stereocenters. The van der Waals surface area contributed by atoms with E-state index < -0.39 is 0 Å². The molecule has 1 saturated carbocycles. The van der Waals surface area contributed by atoms with Crippen LogP contribution in [0.25, 0.3) is 0 Å². The summed E-state index contributed by atoms with van der Waals surface area (Å²) in [5.74, 6) is 1.84. The average Bonchev–Trinajstić information content (AvgIpc) is 2.51. The maximum atomic E-state index is 6.63. The maximum absolute atomic E-state index is 6.63. The fourth-order valence-electron chi connectivity index (χ4n) is 3.87. The molecule has 0 saturated heterocycles. The molecule has 1 aromatic rings. The van der Waals surface area contributed by atoms with E-state index in [0.717, 1.165) is 18.1 Å². The second-order valence-corrected chi connectivity index (χ2v) is 9.67. The van der Waals surface area contributed by atoms with Crippen molar-refractivity contribution in [3.05, 3.63) is 29.3 Å². The standard InChI is InChI=1S/C23H38O/c1-8-20(17-12-10-9-11-13-17)24-21-15-14-18(22(2,3)4)16-19(21)23(5,6)7/h14-17,20H,8-13H2,1-7H3. The first kappa shape index (κ1) is 19.3. The van der Waals surface area contributed by atoms with E-state index in [4.69, 9.17) is 4.74 Å². The van der Waals surface area contributed by atoms with Crippen molar-refractivity contribution in [3.63, 3.8) is 0 Å². The number of hydrogen-bond acceptors (Lipinski definition) is 1. The first-order valence-electron chi connectivity index (χ1n) is 9.94.